The Bertz CT molecular complexity index is 610. The molecule has 0 heterocycles. The van der Waals surface area contributed by atoms with E-state index in [0.717, 1.165) is 77.0 Å². The van der Waals surface area contributed by atoms with Crippen LogP contribution in [-0.2, 0) is 14.3 Å². The van der Waals surface area contributed by atoms with Crippen LogP contribution in [0.1, 0.15) is 187 Å². The molecule has 0 spiro atoms. The summed E-state index contributed by atoms with van der Waals surface area (Å²) in [6.45, 7) is 4.50. The average molecular weight is 563 g/mol. The highest BCUT2D eigenvalue weighted by molar-refractivity contribution is 5.69. The Hall–Kier alpha value is -1.58. The maximum Gasteiger partial charge on any atom is 0.306 e. The molecule has 1 atom stereocenters. The summed E-state index contributed by atoms with van der Waals surface area (Å²) in [5.74, 6) is -0.729. The summed E-state index contributed by atoms with van der Waals surface area (Å²) in [5, 5.41) is 8.78. The zero-order chi connectivity index (χ0) is 29.4. The van der Waals surface area contributed by atoms with Gasteiger partial charge in [0, 0.05) is 12.8 Å². The lowest BCUT2D eigenvalue weighted by Crippen LogP contribution is -2.18. The Labute approximate surface area is 248 Å². The normalized spacial score (nSPS) is 12.4. The fraction of sp³-hybridized carbons (Fsp3) is 0.833. The topological polar surface area (TPSA) is 63.6 Å². The van der Waals surface area contributed by atoms with Gasteiger partial charge in [-0.1, -0.05) is 134 Å². The molecule has 0 aliphatic heterocycles. The van der Waals surface area contributed by atoms with Gasteiger partial charge in [-0.3, -0.25) is 9.59 Å². The summed E-state index contributed by atoms with van der Waals surface area (Å²) in [6, 6.07) is 0. The van der Waals surface area contributed by atoms with Crippen LogP contribution in [0.5, 0.6) is 0 Å². The van der Waals surface area contributed by atoms with E-state index in [1.54, 1.807) is 0 Å². The zero-order valence-electron chi connectivity index (χ0n) is 26.7. The second kappa shape index (κ2) is 31.9. The lowest BCUT2D eigenvalue weighted by Gasteiger charge is -2.18. The summed E-state index contributed by atoms with van der Waals surface area (Å²) < 4.78 is 5.94. The van der Waals surface area contributed by atoms with Crippen LogP contribution in [0, 0.1) is 0 Å². The maximum absolute atomic E-state index is 12.6. The molecule has 0 rings (SSSR count). The van der Waals surface area contributed by atoms with Gasteiger partial charge in [-0.15, -0.1) is 0 Å². The van der Waals surface area contributed by atoms with Gasteiger partial charge in [0.15, 0.2) is 0 Å². The summed E-state index contributed by atoms with van der Waals surface area (Å²) in [7, 11) is 0. The quantitative estimate of drug-likeness (QED) is 0.0518. The summed E-state index contributed by atoms with van der Waals surface area (Å²) in [4.78, 5) is 23.2. The Morgan fingerprint density at radius 1 is 0.550 bits per heavy atom. The number of hydrogen-bond donors (Lipinski definition) is 1. The number of unbranched alkanes of at least 4 members (excludes halogenated alkanes) is 18. The largest absolute Gasteiger partial charge is 0.481 e. The SMILES string of the molecule is CCCCC/C=C\C/C=C\CCCC(CCCCCCCC(=O)O)OC(=O)CCCCCCCCCCCCC. The molecule has 0 fully saturated rings. The zero-order valence-corrected chi connectivity index (χ0v) is 26.7. The number of rotatable bonds is 31. The van der Waals surface area contributed by atoms with Crippen molar-refractivity contribution in [3.8, 4) is 0 Å². The number of ether oxygens (including phenoxy) is 1. The van der Waals surface area contributed by atoms with E-state index in [4.69, 9.17) is 9.84 Å². The van der Waals surface area contributed by atoms with E-state index < -0.39 is 5.97 Å². The van der Waals surface area contributed by atoms with Crippen molar-refractivity contribution >= 4 is 11.9 Å². The first kappa shape index (κ1) is 38.4. The molecule has 1 N–H and O–H groups in total. The van der Waals surface area contributed by atoms with Crippen molar-refractivity contribution in [1.29, 1.82) is 0 Å². The molecule has 0 aromatic heterocycles. The molecule has 1 unspecified atom stereocenters. The predicted molar refractivity (Wildman–Crippen MR) is 172 cm³/mol. The summed E-state index contributed by atoms with van der Waals surface area (Å²) in [6.07, 6.45) is 39.0. The van der Waals surface area contributed by atoms with Gasteiger partial charge >= 0.3 is 11.9 Å². The van der Waals surface area contributed by atoms with Gasteiger partial charge in [0.25, 0.3) is 0 Å². The number of carboxylic acids is 1. The van der Waals surface area contributed by atoms with Gasteiger partial charge in [-0.2, -0.15) is 0 Å². The Balaban J connectivity index is 4.14. The molecule has 0 aromatic rings. The lowest BCUT2D eigenvalue weighted by atomic mass is 10.0. The number of esters is 1. The van der Waals surface area contributed by atoms with Gasteiger partial charge in [0.05, 0.1) is 0 Å². The van der Waals surface area contributed by atoms with Crippen molar-refractivity contribution in [3.63, 3.8) is 0 Å². The molecule has 0 amide bonds. The van der Waals surface area contributed by atoms with Crippen LogP contribution in [0.4, 0.5) is 0 Å². The van der Waals surface area contributed by atoms with Crippen LogP contribution in [0.2, 0.25) is 0 Å². The fourth-order valence-electron chi connectivity index (χ4n) is 5.10. The molecule has 40 heavy (non-hydrogen) atoms. The molecule has 0 bridgehead atoms. The highest BCUT2D eigenvalue weighted by Gasteiger charge is 2.14. The van der Waals surface area contributed by atoms with Crippen LogP contribution in [0.15, 0.2) is 24.3 Å². The average Bonchev–Trinajstić information content (AvgIpc) is 2.93. The van der Waals surface area contributed by atoms with E-state index in [1.807, 2.05) is 0 Å². The van der Waals surface area contributed by atoms with E-state index in [-0.39, 0.29) is 18.5 Å². The van der Waals surface area contributed by atoms with Gasteiger partial charge < -0.3 is 9.84 Å². The van der Waals surface area contributed by atoms with Crippen molar-refractivity contribution in [2.75, 3.05) is 0 Å². The third kappa shape index (κ3) is 31.0. The second-order valence-corrected chi connectivity index (χ2v) is 11.7. The van der Waals surface area contributed by atoms with Gasteiger partial charge in [-0.05, 0) is 64.2 Å². The minimum Gasteiger partial charge on any atom is -0.481 e. The highest BCUT2D eigenvalue weighted by atomic mass is 16.5. The monoisotopic (exact) mass is 562 g/mol. The molecule has 4 nitrogen and oxygen atoms in total. The number of carboxylic acid groups (broad SMARTS) is 1. The Morgan fingerprint density at radius 2 is 1.00 bits per heavy atom. The second-order valence-electron chi connectivity index (χ2n) is 11.7. The molecule has 0 aromatic carbocycles. The maximum atomic E-state index is 12.6. The molecule has 4 heteroatoms. The van der Waals surface area contributed by atoms with E-state index in [1.165, 1.54) is 83.5 Å². The molecule has 0 saturated heterocycles. The summed E-state index contributed by atoms with van der Waals surface area (Å²) >= 11 is 0. The third-order valence-electron chi connectivity index (χ3n) is 7.68. The smallest absolute Gasteiger partial charge is 0.306 e. The fourth-order valence-corrected chi connectivity index (χ4v) is 5.10. The number of hydrogen-bond acceptors (Lipinski definition) is 3. The van der Waals surface area contributed by atoms with Crippen molar-refractivity contribution < 1.29 is 19.4 Å². The van der Waals surface area contributed by atoms with Crippen LogP contribution >= 0.6 is 0 Å². The molecule has 0 aliphatic carbocycles. The summed E-state index contributed by atoms with van der Waals surface area (Å²) in [5.41, 5.74) is 0. The van der Waals surface area contributed by atoms with Gasteiger partial charge in [-0.25, -0.2) is 0 Å². The number of carbonyl (C=O) groups is 2. The van der Waals surface area contributed by atoms with Crippen LogP contribution in [0.3, 0.4) is 0 Å². The molecule has 234 valence electrons. The molecule has 0 saturated carbocycles. The number of allylic oxidation sites excluding steroid dienone is 4. The standard InChI is InChI=1S/C36H66O4/c1-3-5-7-9-11-13-15-17-19-22-26-30-34(31-27-23-21-24-28-32-35(37)38)40-36(39)33-29-25-20-18-16-14-12-10-8-6-4-2/h11,13,17,19,34H,3-10,12,14-16,18,20-33H2,1-2H3,(H,37,38)/b13-11-,19-17-. The number of aliphatic carboxylic acids is 1. The van der Waals surface area contributed by atoms with Crippen LogP contribution in [-0.4, -0.2) is 23.1 Å². The first-order chi connectivity index (χ1) is 19.6. The molecular weight excluding hydrogens is 496 g/mol. The lowest BCUT2D eigenvalue weighted by molar-refractivity contribution is -0.150. The van der Waals surface area contributed by atoms with Crippen LogP contribution < -0.4 is 0 Å². The third-order valence-corrected chi connectivity index (χ3v) is 7.68. The van der Waals surface area contributed by atoms with Gasteiger partial charge in [0.2, 0.25) is 0 Å². The Morgan fingerprint density at radius 3 is 1.57 bits per heavy atom. The van der Waals surface area contributed by atoms with Crippen molar-refractivity contribution in [2.24, 2.45) is 0 Å². The first-order valence-electron chi connectivity index (χ1n) is 17.3. The Kier molecular flexibility index (Phi) is 30.7. The highest BCUT2D eigenvalue weighted by Crippen LogP contribution is 2.18. The molecular formula is C36H66O4. The molecule has 0 radical (unpaired) electrons. The molecule has 0 aliphatic rings. The minimum atomic E-state index is -0.707. The van der Waals surface area contributed by atoms with Crippen molar-refractivity contribution in [1.82, 2.24) is 0 Å². The van der Waals surface area contributed by atoms with E-state index in [0.29, 0.717) is 6.42 Å². The van der Waals surface area contributed by atoms with E-state index >= 15 is 0 Å². The predicted octanol–water partition coefficient (Wildman–Crippen LogP) is 11.7. The van der Waals surface area contributed by atoms with Crippen LogP contribution in [0.25, 0.3) is 0 Å². The van der Waals surface area contributed by atoms with E-state index in [9.17, 15) is 9.59 Å². The minimum absolute atomic E-state index is 0.0195. The van der Waals surface area contributed by atoms with E-state index in [2.05, 4.69) is 38.2 Å². The first-order valence-corrected chi connectivity index (χ1v) is 17.3. The van der Waals surface area contributed by atoms with Crippen molar-refractivity contribution in [2.45, 2.75) is 193 Å². The number of carbonyl (C=O) groups excluding carboxylic acids is 1. The van der Waals surface area contributed by atoms with Gasteiger partial charge in [0.1, 0.15) is 6.10 Å². The van der Waals surface area contributed by atoms with Crippen molar-refractivity contribution in [3.05, 3.63) is 24.3 Å².